The van der Waals surface area contributed by atoms with Crippen molar-refractivity contribution in [2.45, 2.75) is 58.3 Å². The van der Waals surface area contributed by atoms with Crippen LogP contribution in [-0.4, -0.2) is 6.54 Å². The number of alkyl halides is 2. The first-order valence-corrected chi connectivity index (χ1v) is 10.3. The lowest BCUT2D eigenvalue weighted by atomic mass is 9.91. The number of hydrogen-bond donors (Lipinski definition) is 0. The summed E-state index contributed by atoms with van der Waals surface area (Å²) in [5, 5.41) is 9.68. The van der Waals surface area contributed by atoms with Crippen LogP contribution in [0.5, 0.6) is 0 Å². The molecular weight excluding hydrogens is 421 g/mol. The minimum absolute atomic E-state index is 0.0978. The van der Waals surface area contributed by atoms with E-state index in [9.17, 15) is 0 Å². The summed E-state index contributed by atoms with van der Waals surface area (Å²) in [7, 11) is 0. The van der Waals surface area contributed by atoms with E-state index in [0.29, 0.717) is 45.1 Å². The molecule has 1 atom stereocenters. The van der Waals surface area contributed by atoms with Crippen molar-refractivity contribution in [2.75, 3.05) is 6.54 Å². The van der Waals surface area contributed by atoms with Gasteiger partial charge in [-0.2, -0.15) is 10.2 Å². The highest BCUT2D eigenvalue weighted by atomic mass is 35.5. The molecule has 0 aromatic heterocycles. The van der Waals surface area contributed by atoms with Crippen molar-refractivity contribution in [3.8, 4) is 0 Å². The zero-order valence-corrected chi connectivity index (χ0v) is 19.2. The molecule has 0 aliphatic heterocycles. The second kappa shape index (κ2) is 9.46. The first-order valence-electron chi connectivity index (χ1n) is 8.40. The highest BCUT2D eigenvalue weighted by Crippen LogP contribution is 2.52. The third-order valence-corrected chi connectivity index (χ3v) is 6.42. The quantitative estimate of drug-likeness (QED) is 0.296. The molecule has 0 heterocycles. The van der Waals surface area contributed by atoms with Crippen LogP contribution in [0.1, 0.15) is 64.3 Å². The van der Waals surface area contributed by atoms with Crippen LogP contribution in [0.25, 0.3) is 0 Å². The summed E-state index contributed by atoms with van der Waals surface area (Å²) in [4.78, 5) is 0. The van der Waals surface area contributed by atoms with E-state index in [1.165, 1.54) is 0 Å². The summed E-state index contributed by atoms with van der Waals surface area (Å²) in [6.07, 6.45) is 0.689. The van der Waals surface area contributed by atoms with E-state index in [0.717, 1.165) is 5.56 Å². The molecule has 0 fully saturated rings. The van der Waals surface area contributed by atoms with E-state index in [4.69, 9.17) is 58.0 Å². The first kappa shape index (κ1) is 23.3. The molecule has 2 nitrogen and oxygen atoms in total. The third kappa shape index (κ3) is 5.17. The third-order valence-electron chi connectivity index (χ3n) is 3.93. The monoisotopic (exact) mass is 444 g/mol. The van der Waals surface area contributed by atoms with Crippen LogP contribution in [-0.2, 0) is 10.8 Å². The normalized spacial score (nSPS) is 14.1. The Bertz CT molecular complexity index is 639. The van der Waals surface area contributed by atoms with Crippen molar-refractivity contribution in [3.63, 3.8) is 0 Å². The van der Waals surface area contributed by atoms with E-state index in [2.05, 4.69) is 24.1 Å². The van der Waals surface area contributed by atoms with Crippen molar-refractivity contribution >= 4 is 58.0 Å². The van der Waals surface area contributed by atoms with E-state index >= 15 is 0 Å². The highest BCUT2D eigenvalue weighted by Gasteiger charge is 2.38. The molecular formula is C18H25Cl5N2. The average Bonchev–Trinajstić information content (AvgIpc) is 2.48. The Balaban J connectivity index is 3.81. The molecule has 0 aliphatic carbocycles. The van der Waals surface area contributed by atoms with Gasteiger partial charge >= 0.3 is 0 Å². The van der Waals surface area contributed by atoms with E-state index in [1.807, 2.05) is 27.7 Å². The molecule has 0 aliphatic rings. The van der Waals surface area contributed by atoms with Gasteiger partial charge in [0, 0.05) is 11.1 Å². The summed E-state index contributed by atoms with van der Waals surface area (Å²) in [5.41, 5.74) is 1.97. The smallest absolute Gasteiger partial charge is 0.148 e. The Morgan fingerprint density at radius 3 is 1.92 bits per heavy atom. The molecule has 1 rings (SSSR count). The van der Waals surface area contributed by atoms with Gasteiger partial charge in [-0.05, 0) is 37.7 Å². The Hall–Kier alpha value is 0.270. The largest absolute Gasteiger partial charge is 0.194 e. The lowest BCUT2D eigenvalue weighted by Gasteiger charge is -2.30. The van der Waals surface area contributed by atoms with Gasteiger partial charge in [-0.15, -0.1) is 0 Å². The number of nitrogens with zero attached hydrogens (tertiary/aromatic N) is 2. The Labute approximate surface area is 176 Å². The number of benzene rings is 1. The number of azo groups is 1. The van der Waals surface area contributed by atoms with Gasteiger partial charge in [-0.1, -0.05) is 85.7 Å². The molecule has 142 valence electrons. The van der Waals surface area contributed by atoms with Gasteiger partial charge in [0.1, 0.15) is 4.33 Å². The SMILES string of the molecule is CCN=NC(C)c1c(Cl)c(CC(C)C)c(Cl)c(C(Cl)(Cl)C(C)C)c1Cl. The summed E-state index contributed by atoms with van der Waals surface area (Å²) in [6, 6.07) is -0.321. The van der Waals surface area contributed by atoms with Crippen LogP contribution in [0.15, 0.2) is 10.2 Å². The second-order valence-electron chi connectivity index (χ2n) is 6.83. The highest BCUT2D eigenvalue weighted by molar-refractivity contribution is 6.51. The molecule has 0 radical (unpaired) electrons. The number of hydrogen-bond acceptors (Lipinski definition) is 2. The molecule has 0 bridgehead atoms. The van der Waals surface area contributed by atoms with Crippen molar-refractivity contribution in [1.29, 1.82) is 0 Å². The Morgan fingerprint density at radius 1 is 0.920 bits per heavy atom. The molecule has 1 aromatic carbocycles. The van der Waals surface area contributed by atoms with Gasteiger partial charge < -0.3 is 0 Å². The van der Waals surface area contributed by atoms with E-state index < -0.39 is 4.33 Å². The summed E-state index contributed by atoms with van der Waals surface area (Å²) < 4.78 is -1.24. The molecule has 0 amide bonds. The fourth-order valence-electron chi connectivity index (χ4n) is 2.53. The molecule has 7 heteroatoms. The van der Waals surface area contributed by atoms with Crippen molar-refractivity contribution in [2.24, 2.45) is 22.1 Å². The summed E-state index contributed by atoms with van der Waals surface area (Å²) in [6.45, 7) is 12.4. The fraction of sp³-hybridized carbons (Fsp3) is 0.667. The maximum absolute atomic E-state index is 6.69. The maximum Gasteiger partial charge on any atom is 0.148 e. The first-order chi connectivity index (χ1) is 11.5. The van der Waals surface area contributed by atoms with Crippen LogP contribution in [0.3, 0.4) is 0 Å². The number of rotatable bonds is 7. The molecule has 0 saturated carbocycles. The van der Waals surface area contributed by atoms with Crippen molar-refractivity contribution in [3.05, 3.63) is 31.8 Å². The van der Waals surface area contributed by atoms with Crippen LogP contribution in [0.4, 0.5) is 0 Å². The fourth-order valence-corrected chi connectivity index (χ4v) is 4.59. The summed E-state index contributed by atoms with van der Waals surface area (Å²) >= 11 is 33.4. The summed E-state index contributed by atoms with van der Waals surface area (Å²) in [5.74, 6) is 0.253. The Morgan fingerprint density at radius 2 is 1.48 bits per heavy atom. The zero-order valence-electron chi connectivity index (χ0n) is 15.4. The van der Waals surface area contributed by atoms with Gasteiger partial charge in [0.05, 0.1) is 27.7 Å². The molecule has 1 aromatic rings. The van der Waals surface area contributed by atoms with Gasteiger partial charge in [0.15, 0.2) is 0 Å². The maximum atomic E-state index is 6.69. The second-order valence-corrected chi connectivity index (χ2v) is 9.35. The van der Waals surface area contributed by atoms with Gasteiger partial charge in [-0.25, -0.2) is 0 Å². The molecule has 0 saturated heterocycles. The lowest BCUT2D eigenvalue weighted by molar-refractivity contribution is 0.569. The molecule has 25 heavy (non-hydrogen) atoms. The molecule has 1 unspecified atom stereocenters. The number of halogens is 5. The lowest BCUT2D eigenvalue weighted by Crippen LogP contribution is -2.21. The van der Waals surface area contributed by atoms with Gasteiger partial charge in [-0.3, -0.25) is 0 Å². The topological polar surface area (TPSA) is 24.7 Å². The minimum Gasteiger partial charge on any atom is -0.194 e. The van der Waals surface area contributed by atoms with E-state index in [-0.39, 0.29) is 12.0 Å². The van der Waals surface area contributed by atoms with Crippen molar-refractivity contribution < 1.29 is 0 Å². The Kier molecular flexibility index (Phi) is 8.82. The van der Waals surface area contributed by atoms with Gasteiger partial charge in [0.2, 0.25) is 0 Å². The predicted molar refractivity (Wildman–Crippen MR) is 112 cm³/mol. The zero-order chi connectivity index (χ0) is 19.5. The van der Waals surface area contributed by atoms with Crippen LogP contribution < -0.4 is 0 Å². The minimum atomic E-state index is -1.24. The molecule has 0 N–H and O–H groups in total. The van der Waals surface area contributed by atoms with E-state index in [1.54, 1.807) is 0 Å². The standard InChI is InChI=1S/C18H25Cl5N2/c1-7-24-25-11(6)13-15(19)12(8-9(2)3)16(20)14(17(13)21)18(22,23)10(4)5/h9-11H,7-8H2,1-6H3. The van der Waals surface area contributed by atoms with Crippen LogP contribution in [0.2, 0.25) is 15.1 Å². The molecule has 0 spiro atoms. The average molecular weight is 447 g/mol. The van der Waals surface area contributed by atoms with Crippen LogP contribution in [0, 0.1) is 11.8 Å². The van der Waals surface area contributed by atoms with Crippen LogP contribution >= 0.6 is 58.0 Å². The van der Waals surface area contributed by atoms with Crippen molar-refractivity contribution in [1.82, 2.24) is 0 Å². The van der Waals surface area contributed by atoms with Gasteiger partial charge in [0.25, 0.3) is 0 Å². The predicted octanol–water partition coefficient (Wildman–Crippen LogP) is 8.66.